The number of halogens is 1. The van der Waals surface area contributed by atoms with Gasteiger partial charge in [0.2, 0.25) is 11.8 Å². The van der Waals surface area contributed by atoms with Gasteiger partial charge in [-0.1, -0.05) is 32.9 Å². The molecule has 1 heterocycles. The van der Waals surface area contributed by atoms with E-state index in [2.05, 4.69) is 5.32 Å². The van der Waals surface area contributed by atoms with E-state index in [1.54, 1.807) is 6.07 Å². The number of piperidine rings is 1. The molecule has 1 aromatic carbocycles. The van der Waals surface area contributed by atoms with Crippen molar-refractivity contribution < 1.29 is 14.0 Å². The maximum absolute atomic E-state index is 13.5. The molecule has 1 unspecified atom stereocenters. The molecule has 2 rings (SSSR count). The number of rotatable bonds is 5. The Kier molecular flexibility index (Phi) is 6.98. The summed E-state index contributed by atoms with van der Waals surface area (Å²) < 4.78 is 13.5. The zero-order valence-corrected chi connectivity index (χ0v) is 17.1. The summed E-state index contributed by atoms with van der Waals surface area (Å²) in [5, 5.41) is 3.02. The van der Waals surface area contributed by atoms with Crippen LogP contribution in [0.5, 0.6) is 0 Å². The average Bonchev–Trinajstić information content (AvgIpc) is 2.60. The van der Waals surface area contributed by atoms with Crippen LogP contribution in [0.15, 0.2) is 24.3 Å². The minimum atomic E-state index is -0.390. The van der Waals surface area contributed by atoms with Crippen molar-refractivity contribution in [1.82, 2.24) is 15.1 Å². The molecular formula is C21H32FN3O2. The second-order valence-corrected chi connectivity index (χ2v) is 8.60. The summed E-state index contributed by atoms with van der Waals surface area (Å²) >= 11 is 0. The van der Waals surface area contributed by atoms with Crippen LogP contribution in [0.1, 0.15) is 45.2 Å². The van der Waals surface area contributed by atoms with Crippen LogP contribution in [0.2, 0.25) is 0 Å². The third kappa shape index (κ3) is 5.76. The summed E-state index contributed by atoms with van der Waals surface area (Å²) in [7, 11) is 3.83. The standard InChI is InChI=1S/C21H32FN3O2/c1-21(2,3)20(27)25-11-9-15(10-12-25)19(26)23-14-18(24(4)5)16-7-6-8-17(22)13-16/h6-8,13,15,18H,9-12,14H2,1-5H3,(H,23,26). The van der Waals surface area contributed by atoms with Crippen molar-refractivity contribution in [3.8, 4) is 0 Å². The molecule has 1 fully saturated rings. The second-order valence-electron chi connectivity index (χ2n) is 8.60. The van der Waals surface area contributed by atoms with Crippen molar-refractivity contribution in [2.24, 2.45) is 11.3 Å². The van der Waals surface area contributed by atoms with Gasteiger partial charge in [-0.3, -0.25) is 9.59 Å². The Morgan fingerprint density at radius 1 is 1.26 bits per heavy atom. The van der Waals surface area contributed by atoms with E-state index in [0.29, 0.717) is 32.5 Å². The maximum Gasteiger partial charge on any atom is 0.227 e. The average molecular weight is 378 g/mol. The van der Waals surface area contributed by atoms with Crippen molar-refractivity contribution in [3.63, 3.8) is 0 Å². The van der Waals surface area contributed by atoms with Crippen LogP contribution in [0.25, 0.3) is 0 Å². The van der Waals surface area contributed by atoms with Gasteiger partial charge in [0.1, 0.15) is 5.82 Å². The minimum Gasteiger partial charge on any atom is -0.354 e. The van der Waals surface area contributed by atoms with E-state index < -0.39 is 0 Å². The number of carbonyl (C=O) groups excluding carboxylic acids is 2. The van der Waals surface area contributed by atoms with Gasteiger partial charge in [0, 0.05) is 31.0 Å². The molecule has 1 aliphatic rings. The van der Waals surface area contributed by atoms with Crippen LogP contribution < -0.4 is 5.32 Å². The SMILES string of the molecule is CN(C)C(CNC(=O)C1CCN(C(=O)C(C)(C)C)CC1)c1cccc(F)c1. The normalized spacial score (nSPS) is 17.1. The van der Waals surface area contributed by atoms with E-state index in [1.807, 2.05) is 50.7 Å². The van der Waals surface area contributed by atoms with E-state index in [1.165, 1.54) is 12.1 Å². The van der Waals surface area contributed by atoms with Crippen molar-refractivity contribution in [3.05, 3.63) is 35.6 Å². The molecule has 6 heteroatoms. The molecule has 0 aromatic heterocycles. The molecule has 1 aromatic rings. The third-order valence-corrected chi connectivity index (χ3v) is 5.12. The van der Waals surface area contributed by atoms with E-state index in [-0.39, 0.29) is 35.0 Å². The van der Waals surface area contributed by atoms with Gasteiger partial charge >= 0.3 is 0 Å². The number of benzene rings is 1. The van der Waals surface area contributed by atoms with Gasteiger partial charge in [-0.05, 0) is 44.6 Å². The Labute approximate surface area is 161 Å². The van der Waals surface area contributed by atoms with Gasteiger partial charge in [0.05, 0.1) is 6.04 Å². The molecule has 1 atom stereocenters. The number of nitrogens with zero attached hydrogens (tertiary/aromatic N) is 2. The maximum atomic E-state index is 13.5. The fourth-order valence-electron chi connectivity index (χ4n) is 3.47. The summed E-state index contributed by atoms with van der Waals surface area (Å²) in [5.41, 5.74) is 0.449. The minimum absolute atomic E-state index is 0.0149. The van der Waals surface area contributed by atoms with E-state index >= 15 is 0 Å². The van der Waals surface area contributed by atoms with Crippen LogP contribution >= 0.6 is 0 Å². The molecule has 0 bridgehead atoms. The monoisotopic (exact) mass is 377 g/mol. The Morgan fingerprint density at radius 3 is 2.41 bits per heavy atom. The van der Waals surface area contributed by atoms with Crippen LogP contribution in [0.3, 0.4) is 0 Å². The van der Waals surface area contributed by atoms with Gasteiger partial charge < -0.3 is 15.1 Å². The highest BCUT2D eigenvalue weighted by molar-refractivity contribution is 5.82. The third-order valence-electron chi connectivity index (χ3n) is 5.12. The number of amides is 2. The van der Waals surface area contributed by atoms with Crippen molar-refractivity contribution >= 4 is 11.8 Å². The zero-order chi connectivity index (χ0) is 20.2. The molecule has 27 heavy (non-hydrogen) atoms. The van der Waals surface area contributed by atoms with Crippen molar-refractivity contribution in [1.29, 1.82) is 0 Å². The first kappa shape index (κ1) is 21.4. The predicted molar refractivity (Wildman–Crippen MR) is 105 cm³/mol. The number of likely N-dealkylation sites (N-methyl/N-ethyl adjacent to an activating group) is 1. The summed E-state index contributed by atoms with van der Waals surface area (Å²) in [5.74, 6) is -0.202. The summed E-state index contributed by atoms with van der Waals surface area (Å²) in [6, 6.07) is 6.39. The highest BCUT2D eigenvalue weighted by atomic mass is 19.1. The lowest BCUT2D eigenvalue weighted by Crippen LogP contribution is -2.47. The zero-order valence-electron chi connectivity index (χ0n) is 17.1. The number of carbonyl (C=O) groups is 2. The molecule has 0 saturated carbocycles. The van der Waals surface area contributed by atoms with E-state index in [4.69, 9.17) is 0 Å². The Bertz CT molecular complexity index is 662. The number of likely N-dealkylation sites (tertiary alicyclic amines) is 1. The molecule has 1 saturated heterocycles. The quantitative estimate of drug-likeness (QED) is 0.859. The first-order valence-corrected chi connectivity index (χ1v) is 9.58. The topological polar surface area (TPSA) is 52.7 Å². The molecule has 5 nitrogen and oxygen atoms in total. The molecule has 1 aliphatic heterocycles. The van der Waals surface area contributed by atoms with Gasteiger partial charge in [-0.25, -0.2) is 4.39 Å². The van der Waals surface area contributed by atoms with Gasteiger partial charge in [-0.2, -0.15) is 0 Å². The lowest BCUT2D eigenvalue weighted by atomic mass is 9.90. The highest BCUT2D eigenvalue weighted by Crippen LogP contribution is 2.24. The molecule has 0 spiro atoms. The van der Waals surface area contributed by atoms with Crippen molar-refractivity contribution in [2.45, 2.75) is 39.7 Å². The Hall–Kier alpha value is -1.95. The Balaban J connectivity index is 1.89. The molecule has 150 valence electrons. The first-order chi connectivity index (χ1) is 12.6. The van der Waals surface area contributed by atoms with E-state index in [9.17, 15) is 14.0 Å². The lowest BCUT2D eigenvalue weighted by Gasteiger charge is -2.35. The number of hydrogen-bond acceptors (Lipinski definition) is 3. The summed E-state index contributed by atoms with van der Waals surface area (Å²) in [6.45, 7) is 7.42. The molecule has 0 radical (unpaired) electrons. The first-order valence-electron chi connectivity index (χ1n) is 9.58. The molecule has 0 aliphatic carbocycles. The van der Waals surface area contributed by atoms with Crippen LogP contribution in [0, 0.1) is 17.2 Å². The summed E-state index contributed by atoms with van der Waals surface area (Å²) in [4.78, 5) is 28.8. The largest absolute Gasteiger partial charge is 0.354 e. The number of nitrogens with one attached hydrogen (secondary N) is 1. The Morgan fingerprint density at radius 2 is 1.89 bits per heavy atom. The highest BCUT2D eigenvalue weighted by Gasteiger charge is 2.32. The fraction of sp³-hybridized carbons (Fsp3) is 0.619. The number of hydrogen-bond donors (Lipinski definition) is 1. The molecule has 2 amide bonds. The predicted octanol–water partition coefficient (Wildman–Crippen LogP) is 2.83. The van der Waals surface area contributed by atoms with E-state index in [0.717, 1.165) is 5.56 Å². The lowest BCUT2D eigenvalue weighted by molar-refractivity contribution is -0.142. The van der Waals surface area contributed by atoms with Crippen molar-refractivity contribution in [2.75, 3.05) is 33.7 Å². The van der Waals surface area contributed by atoms with Gasteiger partial charge in [0.25, 0.3) is 0 Å². The second kappa shape index (κ2) is 8.83. The molecular weight excluding hydrogens is 345 g/mol. The summed E-state index contributed by atoms with van der Waals surface area (Å²) in [6.07, 6.45) is 1.36. The fourth-order valence-corrected chi connectivity index (χ4v) is 3.47. The molecule has 1 N–H and O–H groups in total. The smallest absolute Gasteiger partial charge is 0.227 e. The van der Waals surface area contributed by atoms with Crippen LogP contribution in [-0.2, 0) is 9.59 Å². The van der Waals surface area contributed by atoms with Gasteiger partial charge in [-0.15, -0.1) is 0 Å². The van der Waals surface area contributed by atoms with Crippen LogP contribution in [-0.4, -0.2) is 55.3 Å². The van der Waals surface area contributed by atoms with Gasteiger partial charge in [0.15, 0.2) is 0 Å². The van der Waals surface area contributed by atoms with Crippen LogP contribution in [0.4, 0.5) is 4.39 Å².